The van der Waals surface area contributed by atoms with Crippen molar-refractivity contribution in [3.63, 3.8) is 0 Å². The van der Waals surface area contributed by atoms with Crippen LogP contribution in [0.2, 0.25) is 0 Å². The van der Waals surface area contributed by atoms with Crippen molar-refractivity contribution in [2.24, 2.45) is 5.92 Å². The van der Waals surface area contributed by atoms with Crippen LogP contribution in [0.5, 0.6) is 0 Å². The van der Waals surface area contributed by atoms with E-state index in [1.54, 1.807) is 6.07 Å². The number of carboxylic acids is 1. The predicted molar refractivity (Wildman–Crippen MR) is 87.6 cm³/mol. The lowest BCUT2D eigenvalue weighted by Gasteiger charge is -2.43. The molecule has 3 unspecified atom stereocenters. The van der Waals surface area contributed by atoms with E-state index in [2.05, 4.69) is 17.4 Å². The fraction of sp³-hybridized carbons (Fsp3) is 0.316. The maximum Gasteiger partial charge on any atom is 0.337 e. The second kappa shape index (κ2) is 5.70. The first-order chi connectivity index (χ1) is 11.3. The maximum absolute atomic E-state index is 11.6. The third-order valence-electron chi connectivity index (χ3n) is 4.89. The Hall–Kier alpha value is -2.33. The average Bonchev–Trinajstić information content (AvgIpc) is 2.61. The highest BCUT2D eigenvalue weighted by atomic mass is 16.5. The standard InChI is InChI=1S/C19H19NO3/c21-19(22)15-9-4-8-14-17(15)20-16(12-6-2-1-3-7-12)13-10-5-11-23-18(13)14/h1-4,6-9,13,16,18,20H,5,10-11H2,(H,21,22). The molecule has 2 aromatic carbocycles. The van der Waals surface area contributed by atoms with Gasteiger partial charge in [0.05, 0.1) is 23.4 Å². The first kappa shape index (κ1) is 14.3. The number of carbonyl (C=O) groups is 1. The third kappa shape index (κ3) is 2.39. The van der Waals surface area contributed by atoms with Crippen LogP contribution >= 0.6 is 0 Å². The van der Waals surface area contributed by atoms with Crippen molar-refractivity contribution in [3.05, 3.63) is 65.2 Å². The second-order valence-electron chi connectivity index (χ2n) is 6.21. The summed E-state index contributed by atoms with van der Waals surface area (Å²) in [6, 6.07) is 15.8. The first-order valence-electron chi connectivity index (χ1n) is 8.05. The summed E-state index contributed by atoms with van der Waals surface area (Å²) in [5, 5.41) is 13.0. The molecule has 2 N–H and O–H groups in total. The van der Waals surface area contributed by atoms with Crippen molar-refractivity contribution in [1.82, 2.24) is 0 Å². The highest BCUT2D eigenvalue weighted by Gasteiger charge is 2.40. The second-order valence-corrected chi connectivity index (χ2v) is 6.21. The zero-order chi connectivity index (χ0) is 15.8. The van der Waals surface area contributed by atoms with Crippen molar-refractivity contribution in [2.75, 3.05) is 11.9 Å². The molecule has 1 saturated heterocycles. The number of anilines is 1. The van der Waals surface area contributed by atoms with Gasteiger partial charge in [-0.15, -0.1) is 0 Å². The van der Waals surface area contributed by atoms with Gasteiger partial charge < -0.3 is 15.2 Å². The molecule has 2 aliphatic rings. The molecule has 118 valence electrons. The van der Waals surface area contributed by atoms with Crippen LogP contribution in [0.1, 0.15) is 46.5 Å². The van der Waals surface area contributed by atoms with Crippen molar-refractivity contribution >= 4 is 11.7 Å². The summed E-state index contributed by atoms with van der Waals surface area (Å²) >= 11 is 0. The molecule has 0 amide bonds. The summed E-state index contributed by atoms with van der Waals surface area (Å²) in [6.07, 6.45) is 2.08. The Morgan fingerprint density at radius 2 is 1.96 bits per heavy atom. The first-order valence-corrected chi connectivity index (χ1v) is 8.05. The minimum absolute atomic E-state index is 0.0375. The summed E-state index contributed by atoms with van der Waals surface area (Å²) in [5.74, 6) is -0.585. The lowest BCUT2D eigenvalue weighted by Crippen LogP contribution is -2.36. The minimum Gasteiger partial charge on any atom is -0.478 e. The normalized spacial score (nSPS) is 25.8. The molecule has 0 bridgehead atoms. The van der Waals surface area contributed by atoms with Crippen molar-refractivity contribution in [1.29, 1.82) is 0 Å². The number of ether oxygens (including phenoxy) is 1. The number of benzene rings is 2. The quantitative estimate of drug-likeness (QED) is 0.879. The molecule has 0 aromatic heterocycles. The Bertz CT molecular complexity index is 729. The molecule has 1 fully saturated rings. The SMILES string of the molecule is O=C(O)c1cccc2c1NC(c1ccccc1)C1CCCOC21. The summed E-state index contributed by atoms with van der Waals surface area (Å²) < 4.78 is 6.06. The van der Waals surface area contributed by atoms with Gasteiger partial charge in [0, 0.05) is 18.1 Å². The number of nitrogens with one attached hydrogen (secondary N) is 1. The summed E-state index contributed by atoms with van der Waals surface area (Å²) in [7, 11) is 0. The molecular weight excluding hydrogens is 290 g/mol. The van der Waals surface area contributed by atoms with Crippen LogP contribution < -0.4 is 5.32 Å². The molecule has 2 aliphatic heterocycles. The number of fused-ring (bicyclic) bond motifs is 3. The van der Waals surface area contributed by atoms with Crippen LogP contribution in [0.15, 0.2) is 48.5 Å². The molecule has 0 spiro atoms. The maximum atomic E-state index is 11.6. The molecule has 0 saturated carbocycles. The average molecular weight is 309 g/mol. The molecule has 4 nitrogen and oxygen atoms in total. The Labute approximate surface area is 135 Å². The molecule has 0 radical (unpaired) electrons. The smallest absolute Gasteiger partial charge is 0.337 e. The Kier molecular flexibility index (Phi) is 3.54. The Balaban J connectivity index is 1.84. The van der Waals surface area contributed by atoms with E-state index in [0.29, 0.717) is 17.2 Å². The monoisotopic (exact) mass is 309 g/mol. The van der Waals surface area contributed by atoms with E-state index in [0.717, 1.165) is 25.0 Å². The lowest BCUT2D eigenvalue weighted by molar-refractivity contribution is -0.0381. The van der Waals surface area contributed by atoms with Gasteiger partial charge in [-0.3, -0.25) is 0 Å². The fourth-order valence-corrected chi connectivity index (χ4v) is 3.87. The van der Waals surface area contributed by atoms with Crippen molar-refractivity contribution in [3.8, 4) is 0 Å². The van der Waals surface area contributed by atoms with E-state index >= 15 is 0 Å². The lowest BCUT2D eigenvalue weighted by atomic mass is 9.77. The van der Waals surface area contributed by atoms with Gasteiger partial charge in [0.25, 0.3) is 0 Å². The van der Waals surface area contributed by atoms with E-state index in [1.165, 1.54) is 5.56 Å². The van der Waals surface area contributed by atoms with Gasteiger partial charge in [-0.25, -0.2) is 4.79 Å². The summed E-state index contributed by atoms with van der Waals surface area (Å²) in [6.45, 7) is 0.736. The molecule has 4 rings (SSSR count). The molecule has 2 heterocycles. The van der Waals surface area contributed by atoms with Gasteiger partial charge in [-0.2, -0.15) is 0 Å². The molecule has 2 aromatic rings. The fourth-order valence-electron chi connectivity index (χ4n) is 3.87. The zero-order valence-corrected chi connectivity index (χ0v) is 12.7. The van der Waals surface area contributed by atoms with Crippen molar-refractivity contribution in [2.45, 2.75) is 25.0 Å². The van der Waals surface area contributed by atoms with Gasteiger partial charge in [-0.1, -0.05) is 42.5 Å². The van der Waals surface area contributed by atoms with E-state index in [4.69, 9.17) is 4.74 Å². The highest BCUT2D eigenvalue weighted by molar-refractivity contribution is 5.95. The van der Waals surface area contributed by atoms with Gasteiger partial charge in [0.15, 0.2) is 0 Å². The highest BCUT2D eigenvalue weighted by Crippen LogP contribution is 2.49. The van der Waals surface area contributed by atoms with Gasteiger partial charge in [0.2, 0.25) is 0 Å². The minimum atomic E-state index is -0.907. The third-order valence-corrected chi connectivity index (χ3v) is 4.89. The topological polar surface area (TPSA) is 58.6 Å². The van der Waals surface area contributed by atoms with E-state index in [1.807, 2.05) is 30.3 Å². The number of aromatic carboxylic acids is 1. The molecule has 23 heavy (non-hydrogen) atoms. The van der Waals surface area contributed by atoms with Gasteiger partial charge >= 0.3 is 5.97 Å². The van der Waals surface area contributed by atoms with E-state index < -0.39 is 5.97 Å². The van der Waals surface area contributed by atoms with Crippen LogP contribution in [0.4, 0.5) is 5.69 Å². The molecular formula is C19H19NO3. The number of para-hydroxylation sites is 1. The molecule has 4 heteroatoms. The van der Waals surface area contributed by atoms with E-state index in [-0.39, 0.29) is 12.1 Å². The number of carboxylic acid groups (broad SMARTS) is 1. The zero-order valence-electron chi connectivity index (χ0n) is 12.7. The van der Waals surface area contributed by atoms with Crippen LogP contribution in [-0.4, -0.2) is 17.7 Å². The van der Waals surface area contributed by atoms with Crippen LogP contribution in [0.3, 0.4) is 0 Å². The number of rotatable bonds is 2. The van der Waals surface area contributed by atoms with Crippen LogP contribution in [-0.2, 0) is 4.74 Å². The Morgan fingerprint density at radius 3 is 2.74 bits per heavy atom. The van der Waals surface area contributed by atoms with E-state index in [9.17, 15) is 9.90 Å². The van der Waals surface area contributed by atoms with Crippen molar-refractivity contribution < 1.29 is 14.6 Å². The molecule has 3 atom stereocenters. The van der Waals surface area contributed by atoms with Gasteiger partial charge in [-0.05, 0) is 24.5 Å². The van der Waals surface area contributed by atoms with Crippen LogP contribution in [0.25, 0.3) is 0 Å². The summed E-state index contributed by atoms with van der Waals surface area (Å²) in [4.78, 5) is 11.6. The summed E-state index contributed by atoms with van der Waals surface area (Å²) in [5.41, 5.74) is 3.17. The largest absolute Gasteiger partial charge is 0.478 e. The number of hydrogen-bond acceptors (Lipinski definition) is 3. The number of hydrogen-bond donors (Lipinski definition) is 2. The molecule has 0 aliphatic carbocycles. The Morgan fingerprint density at radius 1 is 1.13 bits per heavy atom. The van der Waals surface area contributed by atoms with Crippen LogP contribution in [0, 0.1) is 5.92 Å². The predicted octanol–water partition coefficient (Wildman–Crippen LogP) is 4.02. The van der Waals surface area contributed by atoms with Gasteiger partial charge in [0.1, 0.15) is 0 Å².